The second-order valence-corrected chi connectivity index (χ2v) is 7.08. The first-order chi connectivity index (χ1) is 15.3. The van der Waals surface area contributed by atoms with Gasteiger partial charge in [0.25, 0.3) is 5.91 Å². The topological polar surface area (TPSA) is 110 Å². The van der Waals surface area contributed by atoms with Crippen molar-refractivity contribution in [1.29, 1.82) is 0 Å². The summed E-state index contributed by atoms with van der Waals surface area (Å²) in [5, 5.41) is 12.0. The Bertz CT molecular complexity index is 1140. The summed E-state index contributed by atoms with van der Waals surface area (Å²) in [6.07, 6.45) is 0.0323. The van der Waals surface area contributed by atoms with E-state index in [0.717, 1.165) is 0 Å². The lowest BCUT2D eigenvalue weighted by Gasteiger charge is -2.15. The van der Waals surface area contributed by atoms with Gasteiger partial charge in [0.2, 0.25) is 0 Å². The molecule has 7 heteroatoms. The fourth-order valence-corrected chi connectivity index (χ4v) is 3.09. The Balaban J connectivity index is 1.69. The van der Waals surface area contributed by atoms with Crippen LogP contribution in [0.5, 0.6) is 5.75 Å². The van der Waals surface area contributed by atoms with Crippen molar-refractivity contribution in [1.82, 2.24) is 5.32 Å². The second-order valence-electron chi connectivity index (χ2n) is 7.08. The predicted octanol–water partition coefficient (Wildman–Crippen LogP) is 3.27. The van der Waals surface area contributed by atoms with E-state index in [1.807, 2.05) is 6.07 Å². The molecule has 1 atom stereocenters. The van der Waals surface area contributed by atoms with Gasteiger partial charge < -0.3 is 15.2 Å². The lowest BCUT2D eigenvalue weighted by Crippen LogP contribution is -2.42. The fraction of sp³-hybridized carbons (Fsp3) is 0.120. The number of nitrogens with one attached hydrogen (secondary N) is 1. The van der Waals surface area contributed by atoms with Crippen molar-refractivity contribution in [2.75, 3.05) is 0 Å². The molecule has 2 N–H and O–H groups in total. The number of benzene rings is 3. The molecule has 0 radical (unpaired) electrons. The zero-order valence-electron chi connectivity index (χ0n) is 17.3. The molecule has 162 valence electrons. The number of amides is 1. The van der Waals surface area contributed by atoms with Crippen LogP contribution < -0.4 is 10.1 Å². The van der Waals surface area contributed by atoms with Gasteiger partial charge in [-0.25, -0.2) is 4.79 Å². The summed E-state index contributed by atoms with van der Waals surface area (Å²) < 4.78 is 4.95. The van der Waals surface area contributed by atoms with E-state index < -0.39 is 23.9 Å². The number of carboxylic acid groups (broad SMARTS) is 1. The van der Waals surface area contributed by atoms with Crippen LogP contribution >= 0.6 is 0 Å². The number of carbonyl (C=O) groups excluding carboxylic acids is 3. The summed E-state index contributed by atoms with van der Waals surface area (Å²) in [5.74, 6) is -2.27. The third kappa shape index (κ3) is 5.89. The minimum Gasteiger partial charge on any atom is -0.480 e. The highest BCUT2D eigenvalue weighted by atomic mass is 16.5. The average molecular weight is 431 g/mol. The summed E-state index contributed by atoms with van der Waals surface area (Å²) in [7, 11) is 0. The molecule has 0 saturated carbocycles. The van der Waals surface area contributed by atoms with Gasteiger partial charge in [0.15, 0.2) is 5.78 Å². The van der Waals surface area contributed by atoms with Gasteiger partial charge in [0, 0.05) is 30.0 Å². The molecular weight excluding hydrogens is 410 g/mol. The molecule has 3 aromatic rings. The van der Waals surface area contributed by atoms with Crippen molar-refractivity contribution >= 4 is 23.6 Å². The number of hydrogen-bond acceptors (Lipinski definition) is 5. The molecule has 0 spiro atoms. The Morgan fingerprint density at radius 2 is 1.47 bits per heavy atom. The first-order valence-corrected chi connectivity index (χ1v) is 9.84. The SMILES string of the molecule is CC(=O)Oc1cccc(C(=O)N[C@@H](Cc2ccc(C(=O)c3ccccc3)cc2)C(=O)O)c1. The quantitative estimate of drug-likeness (QED) is 0.322. The van der Waals surface area contributed by atoms with Crippen molar-refractivity contribution in [3.8, 4) is 5.75 Å². The molecule has 1 amide bonds. The van der Waals surface area contributed by atoms with E-state index in [9.17, 15) is 24.3 Å². The van der Waals surface area contributed by atoms with E-state index in [0.29, 0.717) is 16.7 Å². The summed E-state index contributed by atoms with van der Waals surface area (Å²) in [6, 6.07) is 20.2. The molecule has 3 aromatic carbocycles. The molecule has 0 aliphatic carbocycles. The Morgan fingerprint density at radius 1 is 0.844 bits per heavy atom. The second kappa shape index (κ2) is 10.2. The van der Waals surface area contributed by atoms with Crippen LogP contribution in [0.4, 0.5) is 0 Å². The van der Waals surface area contributed by atoms with Crippen molar-refractivity contribution in [3.63, 3.8) is 0 Å². The Hall–Kier alpha value is -4.26. The molecule has 0 heterocycles. The van der Waals surface area contributed by atoms with Crippen LogP contribution in [0, 0.1) is 0 Å². The highest BCUT2D eigenvalue weighted by Crippen LogP contribution is 2.15. The number of carboxylic acids is 1. The summed E-state index contributed by atoms with van der Waals surface area (Å²) in [4.78, 5) is 47.8. The normalized spacial score (nSPS) is 11.3. The molecule has 0 aliphatic heterocycles. The van der Waals surface area contributed by atoms with E-state index in [2.05, 4.69) is 5.32 Å². The third-order valence-electron chi connectivity index (χ3n) is 4.65. The van der Waals surface area contributed by atoms with Crippen molar-refractivity contribution in [2.24, 2.45) is 0 Å². The molecule has 7 nitrogen and oxygen atoms in total. The number of aliphatic carboxylic acids is 1. The van der Waals surface area contributed by atoms with Crippen LogP contribution in [-0.4, -0.2) is 34.8 Å². The number of rotatable bonds is 8. The Labute approximate surface area is 184 Å². The molecule has 32 heavy (non-hydrogen) atoms. The van der Waals surface area contributed by atoms with Crippen LogP contribution in [0.2, 0.25) is 0 Å². The van der Waals surface area contributed by atoms with Crippen LogP contribution in [0.25, 0.3) is 0 Å². The average Bonchev–Trinajstić information content (AvgIpc) is 2.79. The monoisotopic (exact) mass is 431 g/mol. The molecule has 0 unspecified atom stereocenters. The van der Waals surface area contributed by atoms with Crippen LogP contribution in [-0.2, 0) is 16.0 Å². The van der Waals surface area contributed by atoms with Gasteiger partial charge in [0.1, 0.15) is 11.8 Å². The number of hydrogen-bond donors (Lipinski definition) is 2. The molecule has 0 fully saturated rings. The summed E-state index contributed by atoms with van der Waals surface area (Å²) in [6.45, 7) is 1.24. The van der Waals surface area contributed by atoms with E-state index >= 15 is 0 Å². The van der Waals surface area contributed by atoms with Crippen LogP contribution in [0.15, 0.2) is 78.9 Å². The lowest BCUT2D eigenvalue weighted by molar-refractivity contribution is -0.139. The molecule has 0 aromatic heterocycles. The molecule has 0 saturated heterocycles. The van der Waals surface area contributed by atoms with E-state index in [1.54, 1.807) is 48.5 Å². The fourth-order valence-electron chi connectivity index (χ4n) is 3.09. The number of ketones is 1. The number of esters is 1. The minimum absolute atomic E-state index is 0.0323. The first-order valence-electron chi connectivity index (χ1n) is 9.84. The van der Waals surface area contributed by atoms with E-state index in [4.69, 9.17) is 4.74 Å². The first kappa shape index (κ1) is 22.4. The largest absolute Gasteiger partial charge is 0.480 e. The highest BCUT2D eigenvalue weighted by molar-refractivity contribution is 6.09. The van der Waals surface area contributed by atoms with Crippen molar-refractivity contribution in [2.45, 2.75) is 19.4 Å². The molecule has 0 aliphatic rings. The Morgan fingerprint density at radius 3 is 2.09 bits per heavy atom. The molecule has 0 bridgehead atoms. The third-order valence-corrected chi connectivity index (χ3v) is 4.65. The van der Waals surface area contributed by atoms with E-state index in [-0.39, 0.29) is 23.5 Å². The predicted molar refractivity (Wildman–Crippen MR) is 117 cm³/mol. The summed E-state index contributed by atoms with van der Waals surface area (Å²) >= 11 is 0. The van der Waals surface area contributed by atoms with Crippen molar-refractivity contribution < 1.29 is 29.0 Å². The van der Waals surface area contributed by atoms with Gasteiger partial charge in [0.05, 0.1) is 0 Å². The highest BCUT2D eigenvalue weighted by Gasteiger charge is 2.22. The minimum atomic E-state index is -1.20. The zero-order chi connectivity index (χ0) is 23.1. The maximum Gasteiger partial charge on any atom is 0.326 e. The Kier molecular flexibility index (Phi) is 7.13. The lowest BCUT2D eigenvalue weighted by atomic mass is 9.99. The van der Waals surface area contributed by atoms with E-state index in [1.165, 1.54) is 31.2 Å². The smallest absolute Gasteiger partial charge is 0.326 e. The maximum absolute atomic E-state index is 12.5. The van der Waals surface area contributed by atoms with Crippen LogP contribution in [0.1, 0.15) is 38.8 Å². The number of carbonyl (C=O) groups is 4. The van der Waals surface area contributed by atoms with Gasteiger partial charge in [-0.15, -0.1) is 0 Å². The van der Waals surface area contributed by atoms with Crippen molar-refractivity contribution in [3.05, 3.63) is 101 Å². The van der Waals surface area contributed by atoms with Gasteiger partial charge >= 0.3 is 11.9 Å². The standard InChI is InChI=1S/C25H21NO6/c1-16(27)32-21-9-5-8-20(15-21)24(29)26-22(25(30)31)14-17-10-12-19(13-11-17)23(28)18-6-3-2-4-7-18/h2-13,15,22H,14H2,1H3,(H,26,29)(H,30,31)/t22-/m0/s1. The molecule has 3 rings (SSSR count). The summed E-state index contributed by atoms with van der Waals surface area (Å²) in [5.41, 5.74) is 1.86. The molecular formula is C25H21NO6. The maximum atomic E-state index is 12.5. The zero-order valence-corrected chi connectivity index (χ0v) is 17.3. The number of ether oxygens (including phenoxy) is 1. The van der Waals surface area contributed by atoms with Gasteiger partial charge in [-0.2, -0.15) is 0 Å². The van der Waals surface area contributed by atoms with Gasteiger partial charge in [-0.1, -0.05) is 60.7 Å². The van der Waals surface area contributed by atoms with Gasteiger partial charge in [-0.05, 0) is 23.8 Å². The van der Waals surface area contributed by atoms with Gasteiger partial charge in [-0.3, -0.25) is 14.4 Å². The van der Waals surface area contributed by atoms with Crippen LogP contribution in [0.3, 0.4) is 0 Å².